The van der Waals surface area contributed by atoms with Crippen molar-refractivity contribution in [3.8, 4) is 0 Å². The van der Waals surface area contributed by atoms with E-state index in [0.717, 1.165) is 0 Å². The van der Waals surface area contributed by atoms with Crippen LogP contribution in [-0.4, -0.2) is 56.6 Å². The molecule has 1 radical (unpaired) electrons. The van der Waals surface area contributed by atoms with E-state index in [9.17, 15) is 0 Å². The molecule has 0 spiro atoms. The summed E-state index contributed by atoms with van der Waals surface area (Å²) in [5.41, 5.74) is 0. The first-order chi connectivity index (χ1) is 0. The maximum atomic E-state index is 0. The Balaban J connectivity index is 0. The third kappa shape index (κ3) is 8.85. The fourth-order valence-electron chi connectivity index (χ4n) is 0. The second-order valence-electron chi connectivity index (χ2n) is 0. The predicted octanol–water partition coefficient (Wildman–Crippen LogP) is -1.57. The summed E-state index contributed by atoms with van der Waals surface area (Å²) in [4.78, 5) is 0. The van der Waals surface area contributed by atoms with Gasteiger partial charge in [-0.3, -0.25) is 0 Å². The topological polar surface area (TPSA) is 0 Å². The Morgan fingerprint density at radius 1 is 1.00 bits per heavy atom. The molecular formula is H3CaLiMnNi. The first-order valence-electron chi connectivity index (χ1n) is 0. The van der Waals surface area contributed by atoms with E-state index in [-0.39, 0.29) is 90.2 Å². The van der Waals surface area contributed by atoms with Crippen LogP contribution >= 0.6 is 0 Å². The molecule has 23 valence electrons. The SMILES string of the molecule is [CaH2].[LiH].[Mn].[Ni]. The standard InChI is InChI=1S/Ca.Li.Mn.Ni.3H. The molecule has 0 aliphatic heterocycles. The van der Waals surface area contributed by atoms with Gasteiger partial charge in [0, 0.05) is 33.6 Å². The van der Waals surface area contributed by atoms with Gasteiger partial charge in [-0.2, -0.15) is 0 Å². The van der Waals surface area contributed by atoms with Gasteiger partial charge in [0.2, 0.25) is 0 Å². The summed E-state index contributed by atoms with van der Waals surface area (Å²) in [5, 5.41) is 0. The van der Waals surface area contributed by atoms with Crippen LogP contribution in [0.5, 0.6) is 0 Å². The van der Waals surface area contributed by atoms with Crippen molar-refractivity contribution < 1.29 is 33.6 Å². The second-order valence-corrected chi connectivity index (χ2v) is 0. The van der Waals surface area contributed by atoms with E-state index in [1.807, 2.05) is 0 Å². The van der Waals surface area contributed by atoms with E-state index in [4.69, 9.17) is 0 Å². The Hall–Kier alpha value is 2.87. The fourth-order valence-corrected chi connectivity index (χ4v) is 0. The van der Waals surface area contributed by atoms with E-state index in [0.29, 0.717) is 0 Å². The van der Waals surface area contributed by atoms with Crippen LogP contribution in [0.2, 0.25) is 0 Å². The maximum Gasteiger partial charge on any atom is 0 e. The summed E-state index contributed by atoms with van der Waals surface area (Å²) in [6.45, 7) is 0. The van der Waals surface area contributed by atoms with Crippen molar-refractivity contribution in [1.29, 1.82) is 0 Å². The molecule has 0 bridgehead atoms. The molecule has 0 rings (SSSR count). The van der Waals surface area contributed by atoms with Crippen LogP contribution in [0, 0.1) is 0 Å². The van der Waals surface area contributed by atoms with Crippen molar-refractivity contribution >= 4 is 56.6 Å². The molecule has 0 saturated carbocycles. The minimum absolute atomic E-state index is 0. The summed E-state index contributed by atoms with van der Waals surface area (Å²) < 4.78 is 0. The molecule has 0 N–H and O–H groups in total. The zero-order valence-electron chi connectivity index (χ0n) is 0.694. The quantitative estimate of drug-likeness (QED) is 0.379. The van der Waals surface area contributed by atoms with Gasteiger partial charge >= 0.3 is 56.6 Å². The zero-order chi connectivity index (χ0) is 0. The molecule has 0 saturated heterocycles. The maximum absolute atomic E-state index is 0. The number of rotatable bonds is 0. The fraction of sp³-hybridized carbons (Fsp3) is 0. The Labute approximate surface area is 88.4 Å². The third-order valence-corrected chi connectivity index (χ3v) is 0. The van der Waals surface area contributed by atoms with Crippen LogP contribution in [-0.2, 0) is 33.6 Å². The van der Waals surface area contributed by atoms with Crippen LogP contribution < -0.4 is 0 Å². The molecule has 0 aromatic carbocycles. The molecule has 0 amide bonds. The molecule has 0 unspecified atom stereocenters. The molecule has 4 heavy (non-hydrogen) atoms. The van der Waals surface area contributed by atoms with E-state index < -0.39 is 0 Å². The monoisotopic (exact) mass is 163 g/mol. The Morgan fingerprint density at radius 2 is 1.00 bits per heavy atom. The molecule has 4 heteroatoms. The van der Waals surface area contributed by atoms with E-state index >= 15 is 0 Å². The summed E-state index contributed by atoms with van der Waals surface area (Å²) in [7, 11) is 0. The average Bonchev–Trinajstić information content (AvgIpc) is 0. The van der Waals surface area contributed by atoms with Gasteiger partial charge < -0.3 is 0 Å². The molecular weight excluding hydrogens is 161 g/mol. The van der Waals surface area contributed by atoms with Crippen molar-refractivity contribution in [3.63, 3.8) is 0 Å². The van der Waals surface area contributed by atoms with Gasteiger partial charge in [-0.25, -0.2) is 0 Å². The van der Waals surface area contributed by atoms with Gasteiger partial charge in [0.05, 0.1) is 0 Å². The number of hydrogen-bond donors (Lipinski definition) is 0. The van der Waals surface area contributed by atoms with Crippen LogP contribution in [0.4, 0.5) is 0 Å². The van der Waals surface area contributed by atoms with Crippen molar-refractivity contribution in [2.45, 2.75) is 0 Å². The first-order valence-corrected chi connectivity index (χ1v) is 0. The second kappa shape index (κ2) is 16.9. The molecule has 0 aromatic heterocycles. The number of hydrogen-bond acceptors (Lipinski definition) is 0. The summed E-state index contributed by atoms with van der Waals surface area (Å²) >= 11 is 0. The normalized spacial score (nSPS) is 0. The Morgan fingerprint density at radius 3 is 1.00 bits per heavy atom. The third-order valence-electron chi connectivity index (χ3n) is 0. The van der Waals surface area contributed by atoms with Gasteiger partial charge in [-0.15, -0.1) is 0 Å². The van der Waals surface area contributed by atoms with E-state index in [1.165, 1.54) is 0 Å². The Kier molecular flexibility index (Phi) is 121. The van der Waals surface area contributed by atoms with Gasteiger partial charge in [0.25, 0.3) is 0 Å². The van der Waals surface area contributed by atoms with E-state index in [1.54, 1.807) is 0 Å². The Bertz CT molecular complexity index is 8.00. The zero-order valence-corrected chi connectivity index (χ0v) is 2.86. The minimum atomic E-state index is 0. The average molecular weight is 164 g/mol. The summed E-state index contributed by atoms with van der Waals surface area (Å²) in [5.74, 6) is 0. The van der Waals surface area contributed by atoms with E-state index in [2.05, 4.69) is 0 Å². The molecule has 0 heterocycles. The van der Waals surface area contributed by atoms with Crippen molar-refractivity contribution in [2.75, 3.05) is 0 Å². The van der Waals surface area contributed by atoms with Crippen LogP contribution in [0.1, 0.15) is 0 Å². The van der Waals surface area contributed by atoms with Crippen LogP contribution in [0.15, 0.2) is 0 Å². The van der Waals surface area contributed by atoms with Crippen molar-refractivity contribution in [1.82, 2.24) is 0 Å². The van der Waals surface area contributed by atoms with Gasteiger partial charge in [0.15, 0.2) is 0 Å². The molecule has 0 aliphatic rings. The van der Waals surface area contributed by atoms with Crippen LogP contribution in [0.25, 0.3) is 0 Å². The largest absolute Gasteiger partial charge is 0 e. The van der Waals surface area contributed by atoms with Gasteiger partial charge in [-0.1, -0.05) is 0 Å². The van der Waals surface area contributed by atoms with Crippen LogP contribution in [0.3, 0.4) is 0 Å². The van der Waals surface area contributed by atoms with Gasteiger partial charge in [-0.05, 0) is 0 Å². The van der Waals surface area contributed by atoms with Crippen molar-refractivity contribution in [3.05, 3.63) is 0 Å². The molecule has 0 atom stereocenters. The molecule has 0 aromatic rings. The van der Waals surface area contributed by atoms with Gasteiger partial charge in [0.1, 0.15) is 0 Å². The molecule has 0 fully saturated rings. The smallest absolute Gasteiger partial charge is 0 e. The summed E-state index contributed by atoms with van der Waals surface area (Å²) in [6, 6.07) is 0. The minimum Gasteiger partial charge on any atom is 0 e. The van der Waals surface area contributed by atoms with Crippen molar-refractivity contribution in [2.24, 2.45) is 0 Å². The molecule has 0 aliphatic carbocycles. The first kappa shape index (κ1) is 28.7. The molecule has 0 nitrogen and oxygen atoms in total. The predicted molar refractivity (Wildman–Crippen MR) is 15.7 cm³/mol. The summed E-state index contributed by atoms with van der Waals surface area (Å²) in [6.07, 6.45) is 0.